The van der Waals surface area contributed by atoms with Crippen LogP contribution in [0.25, 0.3) is 11.0 Å². The van der Waals surface area contributed by atoms with Crippen LogP contribution in [0.4, 0.5) is 4.39 Å². The lowest BCUT2D eigenvalue weighted by molar-refractivity contribution is 0.0952. The zero-order valence-electron chi connectivity index (χ0n) is 11.5. The van der Waals surface area contributed by atoms with E-state index in [0.717, 1.165) is 16.6 Å². The van der Waals surface area contributed by atoms with Crippen LogP contribution in [0, 0.1) is 5.82 Å². The van der Waals surface area contributed by atoms with E-state index >= 15 is 0 Å². The summed E-state index contributed by atoms with van der Waals surface area (Å²) >= 11 is 0. The summed E-state index contributed by atoms with van der Waals surface area (Å²) < 4.78 is 14.7. The third kappa shape index (κ3) is 2.63. The summed E-state index contributed by atoms with van der Waals surface area (Å²) in [5.74, 6) is -0.455. The summed E-state index contributed by atoms with van der Waals surface area (Å²) in [6, 6.07) is 9.74. The summed E-state index contributed by atoms with van der Waals surface area (Å²) in [7, 11) is 1.85. The number of nitrogens with one attached hydrogen (secondary N) is 1. The minimum Gasteiger partial charge on any atom is -0.348 e. The Morgan fingerprint density at radius 3 is 2.81 bits per heavy atom. The number of pyridine rings is 1. The van der Waals surface area contributed by atoms with Crippen molar-refractivity contribution in [3.63, 3.8) is 0 Å². The van der Waals surface area contributed by atoms with Gasteiger partial charge in [0.2, 0.25) is 0 Å². The molecule has 4 nitrogen and oxygen atoms in total. The van der Waals surface area contributed by atoms with Gasteiger partial charge in [-0.3, -0.25) is 4.79 Å². The first-order valence-electron chi connectivity index (χ1n) is 6.58. The second kappa shape index (κ2) is 5.36. The van der Waals surface area contributed by atoms with Gasteiger partial charge < -0.3 is 9.88 Å². The van der Waals surface area contributed by atoms with Crippen LogP contribution in [-0.2, 0) is 13.6 Å². The lowest BCUT2D eigenvalue weighted by Crippen LogP contribution is -2.22. The van der Waals surface area contributed by atoms with Gasteiger partial charge in [0.25, 0.3) is 5.91 Å². The highest BCUT2D eigenvalue weighted by molar-refractivity contribution is 6.06. The fourth-order valence-corrected chi connectivity index (χ4v) is 2.27. The first-order valence-corrected chi connectivity index (χ1v) is 6.58. The number of fused-ring (bicyclic) bond motifs is 1. The van der Waals surface area contributed by atoms with Crippen molar-refractivity contribution >= 4 is 16.9 Å². The molecule has 0 radical (unpaired) electrons. The van der Waals surface area contributed by atoms with Gasteiger partial charge in [-0.05, 0) is 29.8 Å². The van der Waals surface area contributed by atoms with E-state index in [4.69, 9.17) is 0 Å². The zero-order valence-corrected chi connectivity index (χ0v) is 11.5. The average molecular weight is 283 g/mol. The summed E-state index contributed by atoms with van der Waals surface area (Å²) in [6.45, 7) is 0.357. The third-order valence-electron chi connectivity index (χ3n) is 3.34. The van der Waals surface area contributed by atoms with Gasteiger partial charge in [0.15, 0.2) is 0 Å². The van der Waals surface area contributed by atoms with Crippen LogP contribution < -0.4 is 5.32 Å². The fourth-order valence-electron chi connectivity index (χ4n) is 2.27. The summed E-state index contributed by atoms with van der Waals surface area (Å²) in [5.41, 5.74) is 2.20. The predicted molar refractivity (Wildman–Crippen MR) is 78.3 cm³/mol. The molecule has 0 spiro atoms. The smallest absolute Gasteiger partial charge is 0.253 e. The van der Waals surface area contributed by atoms with Crippen LogP contribution in [-0.4, -0.2) is 15.5 Å². The van der Waals surface area contributed by atoms with Gasteiger partial charge in [-0.15, -0.1) is 0 Å². The van der Waals surface area contributed by atoms with Crippen molar-refractivity contribution < 1.29 is 9.18 Å². The van der Waals surface area contributed by atoms with E-state index in [0.29, 0.717) is 12.1 Å². The molecular weight excluding hydrogens is 269 g/mol. The number of benzene rings is 1. The molecule has 0 unspecified atom stereocenters. The van der Waals surface area contributed by atoms with Crippen LogP contribution in [0.5, 0.6) is 0 Å². The third-order valence-corrected chi connectivity index (χ3v) is 3.34. The van der Waals surface area contributed by atoms with Gasteiger partial charge in [-0.2, -0.15) is 0 Å². The molecule has 0 aliphatic heterocycles. The van der Waals surface area contributed by atoms with Crippen LogP contribution in [0.2, 0.25) is 0 Å². The second-order valence-corrected chi connectivity index (χ2v) is 4.84. The Morgan fingerprint density at radius 2 is 2.05 bits per heavy atom. The van der Waals surface area contributed by atoms with E-state index in [2.05, 4.69) is 10.3 Å². The molecule has 1 N–H and O–H groups in total. The molecule has 0 atom stereocenters. The van der Waals surface area contributed by atoms with Crippen LogP contribution in [0.3, 0.4) is 0 Å². The van der Waals surface area contributed by atoms with Crippen molar-refractivity contribution in [2.45, 2.75) is 6.54 Å². The van der Waals surface area contributed by atoms with Gasteiger partial charge >= 0.3 is 0 Å². The Hall–Kier alpha value is -2.69. The molecule has 0 aliphatic rings. The molecule has 1 aromatic carbocycles. The number of hydrogen-bond donors (Lipinski definition) is 1. The predicted octanol–water partition coefficient (Wildman–Crippen LogP) is 2.64. The minimum atomic E-state index is -0.287. The highest BCUT2D eigenvalue weighted by Gasteiger charge is 2.13. The molecule has 3 aromatic rings. The molecule has 3 rings (SSSR count). The first kappa shape index (κ1) is 13.3. The van der Waals surface area contributed by atoms with Gasteiger partial charge in [-0.1, -0.05) is 12.1 Å². The monoisotopic (exact) mass is 283 g/mol. The molecule has 1 amide bonds. The fraction of sp³-hybridized carbons (Fsp3) is 0.125. The average Bonchev–Trinajstić information content (AvgIpc) is 2.84. The largest absolute Gasteiger partial charge is 0.348 e. The van der Waals surface area contributed by atoms with E-state index in [1.807, 2.05) is 17.7 Å². The number of carbonyl (C=O) groups is 1. The van der Waals surface area contributed by atoms with Gasteiger partial charge in [-0.25, -0.2) is 9.37 Å². The molecule has 2 heterocycles. The van der Waals surface area contributed by atoms with E-state index < -0.39 is 0 Å². The number of nitrogens with zero attached hydrogens (tertiary/aromatic N) is 2. The van der Waals surface area contributed by atoms with Crippen molar-refractivity contribution in [3.05, 3.63) is 65.7 Å². The number of aromatic nitrogens is 2. The van der Waals surface area contributed by atoms with E-state index in [1.165, 1.54) is 12.1 Å². The number of amides is 1. The molecule has 0 saturated heterocycles. The maximum Gasteiger partial charge on any atom is 0.253 e. The number of rotatable bonds is 3. The first-order chi connectivity index (χ1) is 10.1. The minimum absolute atomic E-state index is 0.169. The molecule has 0 bridgehead atoms. The maximum atomic E-state index is 12.8. The van der Waals surface area contributed by atoms with Crippen LogP contribution in [0.1, 0.15) is 15.9 Å². The topological polar surface area (TPSA) is 46.9 Å². The molecule has 0 fully saturated rings. The Labute approximate surface area is 121 Å². The van der Waals surface area contributed by atoms with Gasteiger partial charge in [0.05, 0.1) is 5.56 Å². The molecule has 0 saturated carbocycles. The maximum absolute atomic E-state index is 12.8. The molecular formula is C16H14FN3O. The van der Waals surface area contributed by atoms with E-state index in [1.54, 1.807) is 30.6 Å². The zero-order chi connectivity index (χ0) is 14.8. The number of aryl methyl sites for hydroxylation is 1. The van der Waals surface area contributed by atoms with Crippen molar-refractivity contribution in [1.82, 2.24) is 14.9 Å². The van der Waals surface area contributed by atoms with Crippen molar-refractivity contribution in [3.8, 4) is 0 Å². The molecule has 0 aliphatic carbocycles. The Bertz CT molecular complexity index is 793. The normalized spacial score (nSPS) is 10.8. The SMILES string of the molecule is Cn1cc(C(=O)NCc2ccc(F)cc2)c2cccnc21. The summed E-state index contributed by atoms with van der Waals surface area (Å²) in [4.78, 5) is 16.5. The van der Waals surface area contributed by atoms with Crippen molar-refractivity contribution in [2.75, 3.05) is 0 Å². The van der Waals surface area contributed by atoms with E-state index in [9.17, 15) is 9.18 Å². The quantitative estimate of drug-likeness (QED) is 0.803. The lowest BCUT2D eigenvalue weighted by atomic mass is 10.2. The number of halogens is 1. The van der Waals surface area contributed by atoms with Crippen LogP contribution >= 0.6 is 0 Å². The van der Waals surface area contributed by atoms with Gasteiger partial charge in [0.1, 0.15) is 11.5 Å². The molecule has 106 valence electrons. The second-order valence-electron chi connectivity index (χ2n) is 4.84. The molecule has 2 aromatic heterocycles. The number of hydrogen-bond acceptors (Lipinski definition) is 2. The molecule has 5 heteroatoms. The van der Waals surface area contributed by atoms with Crippen molar-refractivity contribution in [1.29, 1.82) is 0 Å². The summed E-state index contributed by atoms with van der Waals surface area (Å²) in [5, 5.41) is 3.65. The molecule has 21 heavy (non-hydrogen) atoms. The van der Waals surface area contributed by atoms with Crippen LogP contribution in [0.15, 0.2) is 48.8 Å². The number of carbonyl (C=O) groups excluding carboxylic acids is 1. The summed E-state index contributed by atoms with van der Waals surface area (Å²) in [6.07, 6.45) is 3.46. The van der Waals surface area contributed by atoms with Crippen molar-refractivity contribution in [2.24, 2.45) is 7.05 Å². The van der Waals surface area contributed by atoms with E-state index in [-0.39, 0.29) is 11.7 Å². The Morgan fingerprint density at radius 1 is 1.29 bits per heavy atom. The highest BCUT2D eigenvalue weighted by Crippen LogP contribution is 2.18. The van der Waals surface area contributed by atoms with Gasteiger partial charge in [0, 0.05) is 31.4 Å². The highest BCUT2D eigenvalue weighted by atomic mass is 19.1. The Balaban J connectivity index is 1.79. The lowest BCUT2D eigenvalue weighted by Gasteiger charge is -2.04. The standard InChI is InChI=1S/C16H14FN3O/c1-20-10-14(13-3-2-8-18-15(13)20)16(21)19-9-11-4-6-12(17)7-5-11/h2-8,10H,9H2,1H3,(H,19,21). The Kier molecular flexibility index (Phi) is 3.39.